The summed E-state index contributed by atoms with van der Waals surface area (Å²) in [5, 5.41) is 11.2. The summed E-state index contributed by atoms with van der Waals surface area (Å²) in [6, 6.07) is 0. The second-order valence-corrected chi connectivity index (χ2v) is 4.23. The lowest BCUT2D eigenvalue weighted by atomic mass is 10.3. The molecule has 0 saturated carbocycles. The zero-order chi connectivity index (χ0) is 14.3. The van der Waals surface area contributed by atoms with Crippen molar-refractivity contribution in [3.63, 3.8) is 0 Å². The van der Waals surface area contributed by atoms with Gasteiger partial charge >= 0.3 is 5.97 Å². The average Bonchev–Trinajstić information content (AvgIpc) is 2.37. The molecule has 0 radical (unpaired) electrons. The van der Waals surface area contributed by atoms with Crippen molar-refractivity contribution in [1.29, 1.82) is 0 Å². The molecule has 0 aromatic carbocycles. The molecule has 2 amide bonds. The van der Waals surface area contributed by atoms with E-state index in [4.69, 9.17) is 5.11 Å². The van der Waals surface area contributed by atoms with Gasteiger partial charge in [0.05, 0.1) is 6.54 Å². The summed E-state index contributed by atoms with van der Waals surface area (Å²) in [6.07, 6.45) is 1.89. The van der Waals surface area contributed by atoms with Gasteiger partial charge in [0.25, 0.3) is 0 Å². The predicted molar refractivity (Wildman–Crippen MR) is 68.5 cm³/mol. The third kappa shape index (κ3) is 5.52. The predicted octanol–water partition coefficient (Wildman–Crippen LogP) is -1.09. The second kappa shape index (κ2) is 7.52. The number of rotatable bonds is 5. The Labute approximate surface area is 111 Å². The van der Waals surface area contributed by atoms with Crippen LogP contribution in [0.2, 0.25) is 0 Å². The van der Waals surface area contributed by atoms with E-state index in [-0.39, 0.29) is 11.8 Å². The first-order valence-corrected chi connectivity index (χ1v) is 6.22. The molecule has 2 N–H and O–H groups in total. The molecular weight excluding hydrogens is 250 g/mol. The van der Waals surface area contributed by atoms with Crippen LogP contribution in [0.15, 0.2) is 12.2 Å². The first kappa shape index (κ1) is 15.2. The zero-order valence-corrected chi connectivity index (χ0v) is 11.0. The molecule has 1 saturated heterocycles. The van der Waals surface area contributed by atoms with Gasteiger partial charge in [-0.3, -0.25) is 14.5 Å². The van der Waals surface area contributed by atoms with Crippen molar-refractivity contribution in [2.45, 2.75) is 6.92 Å². The van der Waals surface area contributed by atoms with Gasteiger partial charge in [0.2, 0.25) is 11.8 Å². The number of carboxylic acids is 1. The number of carboxylic acid groups (broad SMARTS) is 1. The summed E-state index contributed by atoms with van der Waals surface area (Å²) >= 11 is 0. The molecule has 1 aliphatic rings. The van der Waals surface area contributed by atoms with Crippen molar-refractivity contribution < 1.29 is 19.5 Å². The number of aliphatic carboxylic acids is 1. The molecule has 0 spiro atoms. The summed E-state index contributed by atoms with van der Waals surface area (Å²) < 4.78 is 0. The van der Waals surface area contributed by atoms with E-state index in [2.05, 4.69) is 5.32 Å². The minimum absolute atomic E-state index is 0.0203. The second-order valence-electron chi connectivity index (χ2n) is 4.23. The number of hydrogen-bond donors (Lipinski definition) is 2. The maximum atomic E-state index is 11.6. The number of piperazine rings is 1. The van der Waals surface area contributed by atoms with Gasteiger partial charge in [-0.1, -0.05) is 0 Å². The molecule has 1 fully saturated rings. The van der Waals surface area contributed by atoms with E-state index in [1.165, 1.54) is 0 Å². The standard InChI is InChI=1S/C12H19N3O4/c1-2-13-10(16)9-14-5-7-15(8-6-14)11(17)3-4-12(18)19/h3-4H,2,5-9H2,1H3,(H,13,16)(H,18,19)/b4-3+. The van der Waals surface area contributed by atoms with E-state index in [1.807, 2.05) is 11.8 Å². The first-order valence-electron chi connectivity index (χ1n) is 6.22. The number of amides is 2. The lowest BCUT2D eigenvalue weighted by Crippen LogP contribution is -2.50. The zero-order valence-electron chi connectivity index (χ0n) is 11.0. The molecule has 0 aromatic rings. The normalized spacial score (nSPS) is 16.6. The highest BCUT2D eigenvalue weighted by atomic mass is 16.4. The topological polar surface area (TPSA) is 90.0 Å². The van der Waals surface area contributed by atoms with E-state index < -0.39 is 5.97 Å². The molecule has 1 aliphatic heterocycles. The highest BCUT2D eigenvalue weighted by Gasteiger charge is 2.20. The number of likely N-dealkylation sites (N-methyl/N-ethyl adjacent to an activating group) is 1. The van der Waals surface area contributed by atoms with Crippen molar-refractivity contribution in [2.75, 3.05) is 39.3 Å². The molecule has 0 atom stereocenters. The van der Waals surface area contributed by atoms with Gasteiger partial charge in [0.1, 0.15) is 0 Å². The Morgan fingerprint density at radius 3 is 2.32 bits per heavy atom. The average molecular weight is 269 g/mol. The van der Waals surface area contributed by atoms with E-state index in [9.17, 15) is 14.4 Å². The molecule has 19 heavy (non-hydrogen) atoms. The van der Waals surface area contributed by atoms with Crippen LogP contribution in [0.5, 0.6) is 0 Å². The van der Waals surface area contributed by atoms with Gasteiger partial charge in [-0.25, -0.2) is 4.79 Å². The minimum Gasteiger partial charge on any atom is -0.478 e. The summed E-state index contributed by atoms with van der Waals surface area (Å²) in [5.74, 6) is -1.46. The molecule has 0 aromatic heterocycles. The van der Waals surface area contributed by atoms with Gasteiger partial charge < -0.3 is 15.3 Å². The lowest BCUT2D eigenvalue weighted by Gasteiger charge is -2.33. The molecule has 0 unspecified atom stereocenters. The summed E-state index contributed by atoms with van der Waals surface area (Å²) in [4.78, 5) is 36.9. The molecule has 1 rings (SSSR count). The van der Waals surface area contributed by atoms with E-state index in [0.29, 0.717) is 39.3 Å². The Morgan fingerprint density at radius 1 is 1.16 bits per heavy atom. The van der Waals surface area contributed by atoms with E-state index in [0.717, 1.165) is 12.2 Å². The number of carbonyl (C=O) groups is 3. The maximum absolute atomic E-state index is 11.6. The largest absolute Gasteiger partial charge is 0.478 e. The Hall–Kier alpha value is -1.89. The maximum Gasteiger partial charge on any atom is 0.328 e. The first-order chi connectivity index (χ1) is 9.02. The van der Waals surface area contributed by atoms with Crippen molar-refractivity contribution in [3.05, 3.63) is 12.2 Å². The minimum atomic E-state index is -1.14. The van der Waals surface area contributed by atoms with Crippen LogP contribution in [0, 0.1) is 0 Å². The van der Waals surface area contributed by atoms with Crippen molar-refractivity contribution in [2.24, 2.45) is 0 Å². The highest BCUT2D eigenvalue weighted by Crippen LogP contribution is 2.02. The quantitative estimate of drug-likeness (QED) is 0.619. The lowest BCUT2D eigenvalue weighted by molar-refractivity contribution is -0.133. The fourth-order valence-corrected chi connectivity index (χ4v) is 1.83. The van der Waals surface area contributed by atoms with Crippen LogP contribution in [-0.2, 0) is 14.4 Å². The van der Waals surface area contributed by atoms with Crippen LogP contribution < -0.4 is 5.32 Å². The summed E-state index contributed by atoms with van der Waals surface area (Å²) in [5.41, 5.74) is 0. The van der Waals surface area contributed by atoms with Crippen molar-refractivity contribution in [3.8, 4) is 0 Å². The highest BCUT2D eigenvalue weighted by molar-refractivity contribution is 5.94. The Morgan fingerprint density at radius 2 is 1.79 bits per heavy atom. The van der Waals surface area contributed by atoms with Gasteiger partial charge in [-0.05, 0) is 6.92 Å². The fourth-order valence-electron chi connectivity index (χ4n) is 1.83. The molecule has 7 heteroatoms. The van der Waals surface area contributed by atoms with Crippen LogP contribution in [0.4, 0.5) is 0 Å². The number of nitrogens with one attached hydrogen (secondary N) is 1. The number of hydrogen-bond acceptors (Lipinski definition) is 4. The van der Waals surface area contributed by atoms with Crippen molar-refractivity contribution >= 4 is 17.8 Å². The molecular formula is C12H19N3O4. The molecule has 0 bridgehead atoms. The summed E-state index contributed by atoms with van der Waals surface area (Å²) in [7, 11) is 0. The Kier molecular flexibility index (Phi) is 6.01. The van der Waals surface area contributed by atoms with Crippen molar-refractivity contribution in [1.82, 2.24) is 15.1 Å². The van der Waals surface area contributed by atoms with E-state index in [1.54, 1.807) is 4.90 Å². The number of nitrogens with zero attached hydrogens (tertiary/aromatic N) is 2. The third-order valence-corrected chi connectivity index (χ3v) is 2.79. The molecule has 1 heterocycles. The Bertz CT molecular complexity index is 373. The van der Waals surface area contributed by atoms with Crippen LogP contribution in [0.3, 0.4) is 0 Å². The number of carbonyl (C=O) groups excluding carboxylic acids is 2. The van der Waals surface area contributed by atoms with Crippen LogP contribution >= 0.6 is 0 Å². The van der Waals surface area contributed by atoms with Crippen LogP contribution in [0.25, 0.3) is 0 Å². The monoisotopic (exact) mass is 269 g/mol. The Balaban J connectivity index is 2.34. The van der Waals surface area contributed by atoms with E-state index >= 15 is 0 Å². The molecule has 7 nitrogen and oxygen atoms in total. The molecule has 106 valence electrons. The van der Waals surface area contributed by atoms with Gasteiger partial charge in [-0.15, -0.1) is 0 Å². The van der Waals surface area contributed by atoms with Crippen LogP contribution in [-0.4, -0.2) is 72.0 Å². The molecule has 0 aliphatic carbocycles. The van der Waals surface area contributed by atoms with Gasteiger partial charge in [-0.2, -0.15) is 0 Å². The summed E-state index contributed by atoms with van der Waals surface area (Å²) in [6.45, 7) is 5.04. The fraction of sp³-hybridized carbons (Fsp3) is 0.583. The van der Waals surface area contributed by atoms with Crippen LogP contribution in [0.1, 0.15) is 6.92 Å². The van der Waals surface area contributed by atoms with Gasteiger partial charge in [0, 0.05) is 44.9 Å². The SMILES string of the molecule is CCNC(=O)CN1CCN(C(=O)/C=C/C(=O)O)CC1. The third-order valence-electron chi connectivity index (χ3n) is 2.79. The van der Waals surface area contributed by atoms with Gasteiger partial charge in [0.15, 0.2) is 0 Å². The smallest absolute Gasteiger partial charge is 0.328 e.